The molecule has 0 aliphatic rings. The molecule has 0 aliphatic heterocycles. The maximum atomic E-state index is 13.4. The number of benzene rings is 1. The van der Waals surface area contributed by atoms with Crippen molar-refractivity contribution in [3.05, 3.63) is 45.4 Å². The first kappa shape index (κ1) is 13.0. The fraction of sp³-hybridized carbons (Fsp3) is 0.250. The summed E-state index contributed by atoms with van der Waals surface area (Å²) in [6, 6.07) is 2.30. The summed E-state index contributed by atoms with van der Waals surface area (Å²) in [4.78, 5) is 24.4. The first-order chi connectivity index (χ1) is 9.02. The van der Waals surface area contributed by atoms with Crippen LogP contribution in [0.2, 0.25) is 0 Å². The highest BCUT2D eigenvalue weighted by molar-refractivity contribution is 6.05. The van der Waals surface area contributed by atoms with E-state index >= 15 is 0 Å². The molecule has 0 spiro atoms. The van der Waals surface area contributed by atoms with Gasteiger partial charge in [-0.05, 0) is 17.7 Å². The van der Waals surface area contributed by atoms with Crippen LogP contribution in [0.3, 0.4) is 0 Å². The minimum atomic E-state index is -0.675. The van der Waals surface area contributed by atoms with Gasteiger partial charge in [-0.25, -0.2) is 9.18 Å². The molecule has 1 N–H and O–H groups in total. The van der Waals surface area contributed by atoms with Gasteiger partial charge in [0.25, 0.3) is 0 Å². The molecule has 6 nitrogen and oxygen atoms in total. The second-order valence-electron chi connectivity index (χ2n) is 3.99. The molecule has 0 amide bonds. The van der Waals surface area contributed by atoms with Crippen LogP contribution in [-0.4, -0.2) is 29.5 Å². The lowest BCUT2D eigenvalue weighted by Crippen LogP contribution is -2.06. The number of carbonyl (C=O) groups excluding carboxylic acids is 1. The Hall–Kier alpha value is -2.44. The van der Waals surface area contributed by atoms with Crippen LogP contribution >= 0.6 is 0 Å². The predicted molar refractivity (Wildman–Crippen MR) is 65.2 cm³/mol. The van der Waals surface area contributed by atoms with E-state index in [2.05, 4.69) is 9.72 Å². The van der Waals surface area contributed by atoms with Gasteiger partial charge in [-0.3, -0.25) is 10.1 Å². The van der Waals surface area contributed by atoms with Crippen molar-refractivity contribution in [2.75, 3.05) is 13.7 Å². The molecule has 19 heavy (non-hydrogen) atoms. The highest BCUT2D eigenvalue weighted by Gasteiger charge is 2.17. The van der Waals surface area contributed by atoms with E-state index in [0.717, 1.165) is 6.07 Å². The molecule has 2 rings (SSSR count). The zero-order valence-electron chi connectivity index (χ0n) is 10.1. The van der Waals surface area contributed by atoms with E-state index in [0.29, 0.717) is 16.5 Å². The van der Waals surface area contributed by atoms with Crippen LogP contribution in [-0.2, 0) is 11.2 Å². The highest BCUT2D eigenvalue weighted by atomic mass is 19.1. The van der Waals surface area contributed by atoms with Gasteiger partial charge in [-0.2, -0.15) is 0 Å². The van der Waals surface area contributed by atoms with Crippen LogP contribution in [0, 0.1) is 15.9 Å². The molecule has 2 aromatic rings. The normalized spacial score (nSPS) is 10.6. The lowest BCUT2D eigenvalue weighted by molar-refractivity contribution is -0.479. The van der Waals surface area contributed by atoms with Gasteiger partial charge in [-0.1, -0.05) is 0 Å². The summed E-state index contributed by atoms with van der Waals surface area (Å²) < 4.78 is 18.0. The van der Waals surface area contributed by atoms with Gasteiger partial charge >= 0.3 is 5.97 Å². The standard InChI is InChI=1S/C12H11FN2O4/c1-19-12(16)9-4-8(13)5-10-11(9)7(6-14-10)2-3-15(17)18/h4-6,14H,2-3H2,1H3. The zero-order valence-corrected chi connectivity index (χ0v) is 10.1. The van der Waals surface area contributed by atoms with E-state index in [1.165, 1.54) is 13.2 Å². The summed E-state index contributed by atoms with van der Waals surface area (Å²) in [7, 11) is 1.20. The lowest BCUT2D eigenvalue weighted by atomic mass is 10.0. The van der Waals surface area contributed by atoms with Gasteiger partial charge in [0, 0.05) is 28.4 Å². The third kappa shape index (κ3) is 2.54. The number of H-pyrrole nitrogens is 1. The lowest BCUT2D eigenvalue weighted by Gasteiger charge is -2.04. The number of methoxy groups -OCH3 is 1. The first-order valence-electron chi connectivity index (χ1n) is 5.52. The van der Waals surface area contributed by atoms with Gasteiger partial charge in [0.05, 0.1) is 12.7 Å². The average Bonchev–Trinajstić information content (AvgIpc) is 2.77. The zero-order chi connectivity index (χ0) is 14.0. The number of nitrogens with zero attached hydrogens (tertiary/aromatic N) is 1. The van der Waals surface area contributed by atoms with Gasteiger partial charge < -0.3 is 9.72 Å². The van der Waals surface area contributed by atoms with Crippen molar-refractivity contribution < 1.29 is 18.8 Å². The largest absolute Gasteiger partial charge is 0.465 e. The van der Waals surface area contributed by atoms with Crippen LogP contribution < -0.4 is 0 Å². The fourth-order valence-electron chi connectivity index (χ4n) is 1.98. The molecule has 1 heterocycles. The van der Waals surface area contributed by atoms with Crippen molar-refractivity contribution in [2.45, 2.75) is 6.42 Å². The molecule has 0 fully saturated rings. The molecule has 0 saturated carbocycles. The molecule has 100 valence electrons. The maximum Gasteiger partial charge on any atom is 0.338 e. The van der Waals surface area contributed by atoms with Crippen molar-refractivity contribution in [3.8, 4) is 0 Å². The van der Waals surface area contributed by atoms with Crippen LogP contribution in [0.15, 0.2) is 18.3 Å². The van der Waals surface area contributed by atoms with E-state index in [4.69, 9.17) is 0 Å². The van der Waals surface area contributed by atoms with E-state index < -0.39 is 16.7 Å². The molecule has 1 aromatic carbocycles. The first-order valence-corrected chi connectivity index (χ1v) is 5.52. The third-order valence-corrected chi connectivity index (χ3v) is 2.80. The van der Waals surface area contributed by atoms with Crippen LogP contribution in [0.4, 0.5) is 4.39 Å². The van der Waals surface area contributed by atoms with Crippen molar-refractivity contribution in [1.82, 2.24) is 4.98 Å². The van der Waals surface area contributed by atoms with E-state index in [9.17, 15) is 19.3 Å². The van der Waals surface area contributed by atoms with E-state index in [-0.39, 0.29) is 18.5 Å². The van der Waals surface area contributed by atoms with Gasteiger partial charge in [0.2, 0.25) is 6.54 Å². The average molecular weight is 266 g/mol. The number of hydrogen-bond donors (Lipinski definition) is 1. The summed E-state index contributed by atoms with van der Waals surface area (Å²) in [5.74, 6) is -1.25. The molecule has 0 radical (unpaired) electrons. The maximum absolute atomic E-state index is 13.4. The Bertz CT molecular complexity index is 650. The van der Waals surface area contributed by atoms with Crippen molar-refractivity contribution >= 4 is 16.9 Å². The molecular weight excluding hydrogens is 255 g/mol. The minimum absolute atomic E-state index is 0.0668. The number of hydrogen-bond acceptors (Lipinski definition) is 4. The Labute approximate surface area is 107 Å². The second kappa shape index (κ2) is 5.05. The summed E-state index contributed by atoms with van der Waals surface area (Å²) in [6.45, 7) is -0.259. The van der Waals surface area contributed by atoms with E-state index in [1.54, 1.807) is 6.20 Å². The summed E-state index contributed by atoms with van der Waals surface area (Å²) >= 11 is 0. The number of rotatable bonds is 4. The molecule has 0 bridgehead atoms. The van der Waals surface area contributed by atoms with Crippen molar-refractivity contribution in [1.29, 1.82) is 0 Å². The number of fused-ring (bicyclic) bond motifs is 1. The number of esters is 1. The molecule has 0 saturated heterocycles. The molecule has 0 aliphatic carbocycles. The number of ether oxygens (including phenoxy) is 1. The number of aromatic nitrogens is 1. The molecular formula is C12H11FN2O4. The molecule has 7 heteroatoms. The second-order valence-corrected chi connectivity index (χ2v) is 3.99. The predicted octanol–water partition coefficient (Wildman–Crippen LogP) is 1.91. The topological polar surface area (TPSA) is 85.2 Å². The van der Waals surface area contributed by atoms with Crippen LogP contribution in [0.1, 0.15) is 15.9 Å². The Balaban J connectivity index is 2.55. The monoisotopic (exact) mass is 266 g/mol. The molecule has 1 aromatic heterocycles. The summed E-state index contributed by atoms with van der Waals surface area (Å²) in [5.41, 5.74) is 1.07. The quantitative estimate of drug-likeness (QED) is 0.520. The van der Waals surface area contributed by atoms with E-state index in [1.807, 2.05) is 0 Å². The molecule has 0 atom stereocenters. The number of carbonyl (C=O) groups is 1. The van der Waals surface area contributed by atoms with Gasteiger partial charge in [0.1, 0.15) is 5.82 Å². The smallest absolute Gasteiger partial charge is 0.338 e. The van der Waals surface area contributed by atoms with Crippen LogP contribution in [0.25, 0.3) is 10.9 Å². The van der Waals surface area contributed by atoms with Gasteiger partial charge in [-0.15, -0.1) is 0 Å². The summed E-state index contributed by atoms with van der Waals surface area (Å²) in [5, 5.41) is 10.9. The molecule has 0 unspecified atom stereocenters. The minimum Gasteiger partial charge on any atom is -0.465 e. The Morgan fingerprint density at radius 3 is 2.89 bits per heavy atom. The SMILES string of the molecule is COC(=O)c1cc(F)cc2[nH]cc(CC[N+](=O)[O-])c12. The van der Waals surface area contributed by atoms with Crippen molar-refractivity contribution in [2.24, 2.45) is 0 Å². The highest BCUT2D eigenvalue weighted by Crippen LogP contribution is 2.25. The Kier molecular flexibility index (Phi) is 3.46. The number of aromatic amines is 1. The fourth-order valence-corrected chi connectivity index (χ4v) is 1.98. The third-order valence-electron chi connectivity index (χ3n) is 2.80. The van der Waals surface area contributed by atoms with Gasteiger partial charge in [0.15, 0.2) is 0 Å². The van der Waals surface area contributed by atoms with Crippen molar-refractivity contribution in [3.63, 3.8) is 0 Å². The number of nitro groups is 1. The number of halogens is 1. The summed E-state index contributed by atoms with van der Waals surface area (Å²) in [6.07, 6.45) is 1.70. The Morgan fingerprint density at radius 1 is 1.53 bits per heavy atom. The van der Waals surface area contributed by atoms with Crippen LogP contribution in [0.5, 0.6) is 0 Å². The number of nitrogens with one attached hydrogen (secondary N) is 1. The Morgan fingerprint density at radius 2 is 2.26 bits per heavy atom.